The molecule has 4 nitrogen and oxygen atoms in total. The van der Waals surface area contributed by atoms with Gasteiger partial charge in [-0.25, -0.2) is 5.43 Å². The predicted octanol–water partition coefficient (Wildman–Crippen LogP) is 6.24. The van der Waals surface area contributed by atoms with Gasteiger partial charge in [-0.15, -0.1) is 0 Å². The Morgan fingerprint density at radius 1 is 1.04 bits per heavy atom. The first-order chi connectivity index (χ1) is 11.5. The van der Waals surface area contributed by atoms with Crippen LogP contribution in [0.3, 0.4) is 0 Å². The summed E-state index contributed by atoms with van der Waals surface area (Å²) < 4.78 is 2.72. The van der Waals surface area contributed by atoms with E-state index in [-0.39, 0.29) is 12.5 Å². The summed E-state index contributed by atoms with van der Waals surface area (Å²) in [5, 5.41) is 7.44. The number of benzene rings is 1. The summed E-state index contributed by atoms with van der Waals surface area (Å²) in [6.07, 6.45) is 6.38. The number of halogens is 3. The molecular formula is C17H24Br3N3O. The first kappa shape index (κ1) is 21.6. The number of rotatable bonds is 10. The molecule has 0 aromatic heterocycles. The van der Waals surface area contributed by atoms with Crippen molar-refractivity contribution in [2.24, 2.45) is 5.10 Å². The Labute approximate surface area is 169 Å². The van der Waals surface area contributed by atoms with E-state index < -0.39 is 0 Å². The van der Waals surface area contributed by atoms with Crippen LogP contribution in [-0.2, 0) is 4.79 Å². The van der Waals surface area contributed by atoms with Crippen LogP contribution < -0.4 is 10.7 Å². The molecule has 0 unspecified atom stereocenters. The largest absolute Gasteiger partial charge is 0.374 e. The third kappa shape index (κ3) is 8.12. The van der Waals surface area contributed by atoms with Gasteiger partial charge in [0.15, 0.2) is 0 Å². The average Bonchev–Trinajstić information content (AvgIpc) is 2.53. The summed E-state index contributed by atoms with van der Waals surface area (Å²) in [4.78, 5) is 12.0. The molecule has 0 saturated heterocycles. The van der Waals surface area contributed by atoms with Gasteiger partial charge in [0, 0.05) is 19.1 Å². The van der Waals surface area contributed by atoms with Gasteiger partial charge in [0.1, 0.15) is 0 Å². The Morgan fingerprint density at radius 3 is 2.08 bits per heavy atom. The van der Waals surface area contributed by atoms with Gasteiger partial charge in [0.05, 0.1) is 12.2 Å². The highest BCUT2D eigenvalue weighted by Gasteiger charge is 2.09. The molecule has 0 bridgehead atoms. The minimum absolute atomic E-state index is 0.151. The first-order valence-electron chi connectivity index (χ1n) is 8.20. The van der Waals surface area contributed by atoms with Crippen LogP contribution in [0.2, 0.25) is 0 Å². The number of carbonyl (C=O) groups is 1. The molecule has 7 heteroatoms. The fourth-order valence-corrected chi connectivity index (χ4v) is 4.60. The van der Waals surface area contributed by atoms with E-state index in [9.17, 15) is 4.79 Å². The van der Waals surface area contributed by atoms with E-state index in [1.54, 1.807) is 0 Å². The minimum Gasteiger partial charge on any atom is -0.374 e. The van der Waals surface area contributed by atoms with Crippen molar-refractivity contribution in [2.75, 3.05) is 11.9 Å². The molecule has 1 aromatic rings. The zero-order valence-electron chi connectivity index (χ0n) is 14.1. The van der Waals surface area contributed by atoms with Crippen molar-refractivity contribution in [1.29, 1.82) is 0 Å². The lowest BCUT2D eigenvalue weighted by atomic mass is 10.1. The fraction of sp³-hybridized carbons (Fsp3) is 0.529. The molecule has 0 fully saturated rings. The SMILES string of the molecule is CCCCC(CCCC)=NNC(=O)CNc1c(Br)cc(Br)cc1Br. The highest BCUT2D eigenvalue weighted by Crippen LogP contribution is 2.34. The number of nitrogens with zero attached hydrogens (tertiary/aromatic N) is 1. The molecule has 1 amide bonds. The van der Waals surface area contributed by atoms with Gasteiger partial charge >= 0.3 is 0 Å². The van der Waals surface area contributed by atoms with Crippen molar-refractivity contribution < 1.29 is 4.79 Å². The molecule has 0 atom stereocenters. The molecule has 0 saturated carbocycles. The van der Waals surface area contributed by atoms with Crippen LogP contribution in [0.5, 0.6) is 0 Å². The molecule has 0 radical (unpaired) electrons. The lowest BCUT2D eigenvalue weighted by molar-refractivity contribution is -0.119. The molecule has 2 N–H and O–H groups in total. The number of nitrogens with one attached hydrogen (secondary N) is 2. The number of carbonyl (C=O) groups excluding carboxylic acids is 1. The molecule has 134 valence electrons. The van der Waals surface area contributed by atoms with Crippen molar-refractivity contribution in [1.82, 2.24) is 5.43 Å². The van der Waals surface area contributed by atoms with E-state index in [0.717, 1.165) is 63.3 Å². The smallest absolute Gasteiger partial charge is 0.259 e. The Morgan fingerprint density at radius 2 is 1.58 bits per heavy atom. The standard InChI is InChI=1S/C17H24Br3N3O/c1-3-5-7-13(8-6-4-2)22-23-16(24)11-21-17-14(19)9-12(18)10-15(17)20/h9-10,21H,3-8,11H2,1-2H3,(H,23,24). The molecule has 1 aromatic carbocycles. The quantitative estimate of drug-likeness (QED) is 0.281. The third-order valence-corrected chi connectivity index (χ3v) is 5.12. The molecule has 0 aliphatic heterocycles. The number of anilines is 1. The molecule has 0 spiro atoms. The highest BCUT2D eigenvalue weighted by molar-refractivity contribution is 9.11. The van der Waals surface area contributed by atoms with E-state index in [1.165, 1.54) is 0 Å². The zero-order valence-corrected chi connectivity index (χ0v) is 18.9. The lowest BCUT2D eigenvalue weighted by Crippen LogP contribution is -2.27. The maximum absolute atomic E-state index is 12.0. The van der Waals surface area contributed by atoms with Crippen LogP contribution in [0.25, 0.3) is 0 Å². The number of hydrazone groups is 1. The Hall–Kier alpha value is -0.400. The Kier molecular flexibility index (Phi) is 10.9. The van der Waals surface area contributed by atoms with Gasteiger partial charge in [-0.3, -0.25) is 4.79 Å². The Balaban J connectivity index is 2.56. The van der Waals surface area contributed by atoms with Gasteiger partial charge in [-0.1, -0.05) is 42.6 Å². The maximum atomic E-state index is 12.0. The van der Waals surface area contributed by atoms with Crippen molar-refractivity contribution in [3.8, 4) is 0 Å². The molecule has 0 heterocycles. The second kappa shape index (κ2) is 12.0. The number of unbranched alkanes of at least 4 members (excludes halogenated alkanes) is 2. The molecule has 0 aliphatic rings. The van der Waals surface area contributed by atoms with E-state index in [1.807, 2.05) is 12.1 Å². The summed E-state index contributed by atoms with van der Waals surface area (Å²) in [6.45, 7) is 4.49. The van der Waals surface area contributed by atoms with Gasteiger partial charge in [0.25, 0.3) is 5.91 Å². The van der Waals surface area contributed by atoms with Crippen molar-refractivity contribution in [2.45, 2.75) is 52.4 Å². The zero-order chi connectivity index (χ0) is 17.9. The van der Waals surface area contributed by atoms with Crippen LogP contribution in [0, 0.1) is 0 Å². The highest BCUT2D eigenvalue weighted by atomic mass is 79.9. The maximum Gasteiger partial charge on any atom is 0.259 e. The van der Waals surface area contributed by atoms with Gasteiger partial charge in [-0.05, 0) is 69.7 Å². The second-order valence-electron chi connectivity index (χ2n) is 5.52. The number of hydrogen-bond donors (Lipinski definition) is 2. The molecular weight excluding hydrogens is 502 g/mol. The monoisotopic (exact) mass is 523 g/mol. The second-order valence-corrected chi connectivity index (χ2v) is 8.14. The third-order valence-electron chi connectivity index (χ3n) is 3.41. The summed E-state index contributed by atoms with van der Waals surface area (Å²) in [7, 11) is 0. The van der Waals surface area contributed by atoms with E-state index in [4.69, 9.17) is 0 Å². The summed E-state index contributed by atoms with van der Waals surface area (Å²) in [6, 6.07) is 3.85. The summed E-state index contributed by atoms with van der Waals surface area (Å²) in [5.41, 5.74) is 4.59. The number of hydrogen-bond acceptors (Lipinski definition) is 3. The van der Waals surface area contributed by atoms with E-state index in [2.05, 4.69) is 77.5 Å². The van der Waals surface area contributed by atoms with Crippen molar-refractivity contribution in [3.05, 3.63) is 25.6 Å². The molecule has 24 heavy (non-hydrogen) atoms. The van der Waals surface area contributed by atoms with Crippen molar-refractivity contribution >= 4 is 65.1 Å². The average molecular weight is 526 g/mol. The van der Waals surface area contributed by atoms with Crippen LogP contribution in [0.15, 0.2) is 30.7 Å². The van der Waals surface area contributed by atoms with Gasteiger partial charge < -0.3 is 5.32 Å². The number of amides is 1. The van der Waals surface area contributed by atoms with Crippen molar-refractivity contribution in [3.63, 3.8) is 0 Å². The van der Waals surface area contributed by atoms with Gasteiger partial charge in [-0.2, -0.15) is 5.10 Å². The molecule has 1 rings (SSSR count). The predicted molar refractivity (Wildman–Crippen MR) is 113 cm³/mol. The van der Waals surface area contributed by atoms with Crippen LogP contribution >= 0.6 is 47.8 Å². The minimum atomic E-state index is -0.151. The normalized spacial score (nSPS) is 10.4. The topological polar surface area (TPSA) is 53.5 Å². The van der Waals surface area contributed by atoms with E-state index >= 15 is 0 Å². The summed E-state index contributed by atoms with van der Waals surface area (Å²) in [5.74, 6) is -0.151. The molecule has 0 aliphatic carbocycles. The first-order valence-corrected chi connectivity index (χ1v) is 10.6. The van der Waals surface area contributed by atoms with Crippen LogP contribution in [0.1, 0.15) is 52.4 Å². The van der Waals surface area contributed by atoms with E-state index in [0.29, 0.717) is 0 Å². The Bertz CT molecular complexity index is 543. The summed E-state index contributed by atoms with van der Waals surface area (Å²) >= 11 is 10.4. The fourth-order valence-electron chi connectivity index (χ4n) is 2.06. The lowest BCUT2D eigenvalue weighted by Gasteiger charge is -2.11. The van der Waals surface area contributed by atoms with Crippen LogP contribution in [-0.4, -0.2) is 18.2 Å². The van der Waals surface area contributed by atoms with Crippen LogP contribution in [0.4, 0.5) is 5.69 Å². The van der Waals surface area contributed by atoms with Gasteiger partial charge in [0.2, 0.25) is 0 Å².